The van der Waals surface area contributed by atoms with Crippen LogP contribution in [0.15, 0.2) is 0 Å². The quantitative estimate of drug-likeness (QED) is 0.429. The van der Waals surface area contributed by atoms with Crippen LogP contribution in [-0.4, -0.2) is 48.5 Å². The first kappa shape index (κ1) is 11.4. The molecule has 1 aliphatic rings. The number of carbonyl (C=O) groups excluding carboxylic acids is 1. The molecule has 1 amide bonds. The first-order valence-electron chi connectivity index (χ1n) is 4.92. The molecule has 14 heavy (non-hydrogen) atoms. The molecule has 2 unspecified atom stereocenters. The zero-order valence-electron chi connectivity index (χ0n) is 8.36. The Balaban J connectivity index is 2.19. The maximum absolute atomic E-state index is 11.5. The Hall–Kier alpha value is -0.650. The molecule has 1 aliphatic heterocycles. The van der Waals surface area contributed by atoms with Gasteiger partial charge in [-0.1, -0.05) is 6.92 Å². The second-order valence-electron chi connectivity index (χ2n) is 3.79. The SMILES string of the molecule is CC(C(=O)NCC(O)CO)C1CNC1. The standard InChI is InChI=1S/C9H18N2O3/c1-6(7-2-10-3-7)9(14)11-4-8(13)5-12/h6-8,10,12-13H,2-5H2,1H3,(H,11,14). The predicted octanol–water partition coefficient (Wildman–Crippen LogP) is -1.69. The molecule has 5 heteroatoms. The number of aliphatic hydroxyl groups is 2. The van der Waals surface area contributed by atoms with Gasteiger partial charge in [-0.05, 0) is 19.0 Å². The second-order valence-corrected chi connectivity index (χ2v) is 3.79. The van der Waals surface area contributed by atoms with Crippen LogP contribution < -0.4 is 10.6 Å². The summed E-state index contributed by atoms with van der Waals surface area (Å²) in [4.78, 5) is 11.5. The minimum absolute atomic E-state index is 0.0258. The summed E-state index contributed by atoms with van der Waals surface area (Å²) in [5.74, 6) is 0.326. The van der Waals surface area contributed by atoms with E-state index in [4.69, 9.17) is 10.2 Å². The first-order valence-corrected chi connectivity index (χ1v) is 4.92. The van der Waals surface area contributed by atoms with Crippen LogP contribution in [0.4, 0.5) is 0 Å². The van der Waals surface area contributed by atoms with E-state index in [2.05, 4.69) is 10.6 Å². The molecule has 1 heterocycles. The lowest BCUT2D eigenvalue weighted by atomic mass is 9.88. The smallest absolute Gasteiger partial charge is 0.223 e. The lowest BCUT2D eigenvalue weighted by Gasteiger charge is -2.31. The Bertz CT molecular complexity index is 194. The number of aliphatic hydroxyl groups excluding tert-OH is 2. The third-order valence-corrected chi connectivity index (χ3v) is 2.66. The van der Waals surface area contributed by atoms with E-state index in [9.17, 15) is 4.79 Å². The van der Waals surface area contributed by atoms with Crippen molar-refractivity contribution >= 4 is 5.91 Å². The van der Waals surface area contributed by atoms with Gasteiger partial charge in [-0.15, -0.1) is 0 Å². The van der Waals surface area contributed by atoms with Gasteiger partial charge in [-0.25, -0.2) is 0 Å². The summed E-state index contributed by atoms with van der Waals surface area (Å²) < 4.78 is 0. The largest absolute Gasteiger partial charge is 0.394 e. The molecule has 4 N–H and O–H groups in total. The lowest BCUT2D eigenvalue weighted by Crippen LogP contribution is -2.50. The number of rotatable bonds is 5. The minimum Gasteiger partial charge on any atom is -0.394 e. The van der Waals surface area contributed by atoms with Gasteiger partial charge in [0.15, 0.2) is 0 Å². The molecule has 0 aromatic heterocycles. The number of hydrogen-bond donors (Lipinski definition) is 4. The van der Waals surface area contributed by atoms with Crippen molar-refractivity contribution in [2.75, 3.05) is 26.2 Å². The molecule has 1 fully saturated rings. The lowest BCUT2D eigenvalue weighted by molar-refractivity contribution is -0.127. The normalized spacial score (nSPS) is 21.1. The summed E-state index contributed by atoms with van der Waals surface area (Å²) in [6, 6.07) is 0. The summed E-state index contributed by atoms with van der Waals surface area (Å²) in [6.07, 6.45) is -0.856. The van der Waals surface area contributed by atoms with Crippen molar-refractivity contribution < 1.29 is 15.0 Å². The highest BCUT2D eigenvalue weighted by Gasteiger charge is 2.28. The topological polar surface area (TPSA) is 81.6 Å². The van der Waals surface area contributed by atoms with Gasteiger partial charge >= 0.3 is 0 Å². The highest BCUT2D eigenvalue weighted by Crippen LogP contribution is 2.15. The summed E-state index contributed by atoms with van der Waals surface area (Å²) in [7, 11) is 0. The second kappa shape index (κ2) is 5.29. The van der Waals surface area contributed by atoms with Gasteiger partial charge in [0.2, 0.25) is 5.91 Å². The van der Waals surface area contributed by atoms with Crippen molar-refractivity contribution in [1.29, 1.82) is 0 Å². The number of nitrogens with one attached hydrogen (secondary N) is 2. The van der Waals surface area contributed by atoms with Gasteiger partial charge in [-0.3, -0.25) is 4.79 Å². The van der Waals surface area contributed by atoms with Crippen LogP contribution in [-0.2, 0) is 4.79 Å². The average Bonchev–Trinajstić information content (AvgIpc) is 2.10. The van der Waals surface area contributed by atoms with E-state index in [1.165, 1.54) is 0 Å². The van der Waals surface area contributed by atoms with E-state index >= 15 is 0 Å². The third kappa shape index (κ3) is 2.94. The number of amides is 1. The Morgan fingerprint density at radius 3 is 2.71 bits per heavy atom. The van der Waals surface area contributed by atoms with E-state index in [0.717, 1.165) is 13.1 Å². The van der Waals surface area contributed by atoms with E-state index < -0.39 is 6.10 Å². The Labute approximate surface area is 83.5 Å². The molecule has 5 nitrogen and oxygen atoms in total. The van der Waals surface area contributed by atoms with Crippen LogP contribution in [0, 0.1) is 11.8 Å². The average molecular weight is 202 g/mol. The van der Waals surface area contributed by atoms with E-state index in [1.54, 1.807) is 0 Å². The monoisotopic (exact) mass is 202 g/mol. The Kier molecular flexibility index (Phi) is 4.31. The van der Waals surface area contributed by atoms with Gasteiger partial charge in [0.25, 0.3) is 0 Å². The van der Waals surface area contributed by atoms with E-state index in [0.29, 0.717) is 5.92 Å². The van der Waals surface area contributed by atoms with Gasteiger partial charge < -0.3 is 20.8 Å². The highest BCUT2D eigenvalue weighted by molar-refractivity contribution is 5.78. The van der Waals surface area contributed by atoms with Crippen molar-refractivity contribution in [2.45, 2.75) is 13.0 Å². The van der Waals surface area contributed by atoms with Gasteiger partial charge in [0.1, 0.15) is 0 Å². The fourth-order valence-electron chi connectivity index (χ4n) is 1.32. The molecule has 1 rings (SSSR count). The maximum atomic E-state index is 11.5. The fourth-order valence-corrected chi connectivity index (χ4v) is 1.32. The summed E-state index contributed by atoms with van der Waals surface area (Å²) >= 11 is 0. The van der Waals surface area contributed by atoms with E-state index in [-0.39, 0.29) is 25.0 Å². The van der Waals surface area contributed by atoms with Crippen molar-refractivity contribution in [3.05, 3.63) is 0 Å². The Morgan fingerprint density at radius 1 is 1.64 bits per heavy atom. The predicted molar refractivity (Wildman–Crippen MR) is 51.6 cm³/mol. The van der Waals surface area contributed by atoms with Crippen LogP contribution in [0.5, 0.6) is 0 Å². The van der Waals surface area contributed by atoms with Crippen molar-refractivity contribution in [2.24, 2.45) is 11.8 Å². The fraction of sp³-hybridized carbons (Fsp3) is 0.889. The van der Waals surface area contributed by atoms with Crippen LogP contribution in [0.3, 0.4) is 0 Å². The zero-order chi connectivity index (χ0) is 10.6. The van der Waals surface area contributed by atoms with Crippen LogP contribution >= 0.6 is 0 Å². The number of carbonyl (C=O) groups is 1. The van der Waals surface area contributed by atoms with Crippen molar-refractivity contribution in [3.63, 3.8) is 0 Å². The summed E-state index contributed by atoms with van der Waals surface area (Å²) in [6.45, 7) is 3.46. The zero-order valence-corrected chi connectivity index (χ0v) is 8.36. The Morgan fingerprint density at radius 2 is 2.29 bits per heavy atom. The molecule has 1 saturated heterocycles. The first-order chi connectivity index (χ1) is 6.65. The maximum Gasteiger partial charge on any atom is 0.223 e. The third-order valence-electron chi connectivity index (χ3n) is 2.66. The molecule has 0 spiro atoms. The summed E-state index contributed by atoms with van der Waals surface area (Å²) in [5.41, 5.74) is 0. The molecule has 0 aromatic rings. The van der Waals surface area contributed by atoms with Crippen molar-refractivity contribution in [1.82, 2.24) is 10.6 Å². The molecule has 0 saturated carbocycles. The highest BCUT2D eigenvalue weighted by atomic mass is 16.3. The molecular formula is C9H18N2O3. The van der Waals surface area contributed by atoms with Crippen LogP contribution in [0.25, 0.3) is 0 Å². The molecule has 0 aromatic carbocycles. The number of hydrogen-bond acceptors (Lipinski definition) is 4. The molecule has 0 bridgehead atoms. The molecule has 0 aliphatic carbocycles. The molecule has 0 radical (unpaired) electrons. The molecule has 82 valence electrons. The van der Waals surface area contributed by atoms with Crippen LogP contribution in [0.1, 0.15) is 6.92 Å². The van der Waals surface area contributed by atoms with Gasteiger partial charge in [-0.2, -0.15) is 0 Å². The molecule has 2 atom stereocenters. The summed E-state index contributed by atoms with van der Waals surface area (Å²) in [5, 5.41) is 23.3. The molecular weight excluding hydrogens is 184 g/mol. The van der Waals surface area contributed by atoms with Crippen molar-refractivity contribution in [3.8, 4) is 0 Å². The van der Waals surface area contributed by atoms with E-state index in [1.807, 2.05) is 6.92 Å². The minimum atomic E-state index is -0.856. The van der Waals surface area contributed by atoms with Crippen LogP contribution in [0.2, 0.25) is 0 Å². The van der Waals surface area contributed by atoms with Gasteiger partial charge in [0.05, 0.1) is 12.7 Å². The van der Waals surface area contributed by atoms with Gasteiger partial charge in [0, 0.05) is 12.5 Å².